The molecule has 8 nitrogen and oxygen atoms in total. The number of imidazole rings is 2. The Morgan fingerprint density at radius 2 is 1.91 bits per heavy atom. The molecule has 0 unspecified atom stereocenters. The SMILES string of the molecule is O=C(Nc1cnc2c(NCCCn3ccnc3)nc3cc(F)c(F)cc3n12)c1ccccc1. The van der Waals surface area contributed by atoms with Gasteiger partial charge in [0.2, 0.25) is 0 Å². The fraction of sp³-hybridized carbons (Fsp3) is 0.130. The fourth-order valence-electron chi connectivity index (χ4n) is 3.60. The molecule has 10 heteroatoms. The number of hydrogen-bond donors (Lipinski definition) is 2. The van der Waals surface area contributed by atoms with Crippen LogP contribution in [0.3, 0.4) is 0 Å². The van der Waals surface area contributed by atoms with E-state index in [-0.39, 0.29) is 16.9 Å². The zero-order chi connectivity index (χ0) is 22.8. The van der Waals surface area contributed by atoms with Crippen LogP contribution in [-0.4, -0.2) is 36.4 Å². The van der Waals surface area contributed by atoms with Crippen LogP contribution in [0.5, 0.6) is 0 Å². The van der Waals surface area contributed by atoms with Crippen molar-refractivity contribution in [2.45, 2.75) is 13.0 Å². The topological polar surface area (TPSA) is 89.1 Å². The average molecular weight is 447 g/mol. The van der Waals surface area contributed by atoms with Gasteiger partial charge in [-0.3, -0.25) is 9.20 Å². The van der Waals surface area contributed by atoms with E-state index in [0.717, 1.165) is 25.1 Å². The predicted octanol–water partition coefficient (Wildman–Crippen LogP) is 4.11. The summed E-state index contributed by atoms with van der Waals surface area (Å²) in [7, 11) is 0. The third-order valence-electron chi connectivity index (χ3n) is 5.19. The van der Waals surface area contributed by atoms with Crippen molar-refractivity contribution in [2.75, 3.05) is 17.2 Å². The highest BCUT2D eigenvalue weighted by Gasteiger charge is 2.18. The van der Waals surface area contributed by atoms with Gasteiger partial charge in [0.1, 0.15) is 5.82 Å². The average Bonchev–Trinajstić information content (AvgIpc) is 3.49. The number of nitrogens with zero attached hydrogens (tertiary/aromatic N) is 5. The number of aromatic nitrogens is 5. The number of amides is 1. The second kappa shape index (κ2) is 8.65. The number of fused-ring (bicyclic) bond motifs is 3. The summed E-state index contributed by atoms with van der Waals surface area (Å²) in [6.45, 7) is 1.32. The Morgan fingerprint density at radius 3 is 2.70 bits per heavy atom. The molecule has 0 saturated carbocycles. The highest BCUT2D eigenvalue weighted by Crippen LogP contribution is 2.27. The summed E-state index contributed by atoms with van der Waals surface area (Å²) >= 11 is 0. The maximum Gasteiger partial charge on any atom is 0.256 e. The Hall–Kier alpha value is -4.34. The molecule has 0 spiro atoms. The van der Waals surface area contributed by atoms with Gasteiger partial charge in [0.05, 0.1) is 23.6 Å². The molecule has 3 aromatic heterocycles. The second-order valence-corrected chi connectivity index (χ2v) is 7.42. The molecule has 33 heavy (non-hydrogen) atoms. The largest absolute Gasteiger partial charge is 0.367 e. The summed E-state index contributed by atoms with van der Waals surface area (Å²) in [6.07, 6.45) is 7.57. The van der Waals surface area contributed by atoms with Gasteiger partial charge in [-0.15, -0.1) is 0 Å². The van der Waals surface area contributed by atoms with Crippen molar-refractivity contribution >= 4 is 34.2 Å². The first-order valence-corrected chi connectivity index (χ1v) is 10.3. The van der Waals surface area contributed by atoms with E-state index in [1.165, 1.54) is 6.20 Å². The highest BCUT2D eigenvalue weighted by atomic mass is 19.2. The van der Waals surface area contributed by atoms with Crippen molar-refractivity contribution in [3.63, 3.8) is 0 Å². The first-order valence-electron chi connectivity index (χ1n) is 10.3. The quantitative estimate of drug-likeness (QED) is 0.367. The van der Waals surface area contributed by atoms with Crippen LogP contribution in [0.15, 0.2) is 67.4 Å². The molecule has 0 bridgehead atoms. The molecule has 5 rings (SSSR count). The van der Waals surface area contributed by atoms with E-state index in [1.54, 1.807) is 41.2 Å². The number of hydrogen-bond acceptors (Lipinski definition) is 5. The minimum atomic E-state index is -1.01. The van der Waals surface area contributed by atoms with Crippen LogP contribution in [-0.2, 0) is 6.54 Å². The molecular formula is C23H19F2N7O. The summed E-state index contributed by atoms with van der Waals surface area (Å²) in [4.78, 5) is 25.6. The van der Waals surface area contributed by atoms with E-state index >= 15 is 0 Å². The number of aryl methyl sites for hydroxylation is 1. The van der Waals surface area contributed by atoms with Crippen molar-refractivity contribution in [2.24, 2.45) is 0 Å². The number of benzene rings is 2. The number of rotatable bonds is 7. The lowest BCUT2D eigenvalue weighted by Gasteiger charge is -2.12. The van der Waals surface area contributed by atoms with E-state index in [2.05, 4.69) is 25.6 Å². The molecule has 1 amide bonds. The molecule has 3 heterocycles. The van der Waals surface area contributed by atoms with Gasteiger partial charge in [0, 0.05) is 43.2 Å². The van der Waals surface area contributed by atoms with Crippen LogP contribution >= 0.6 is 0 Å². The van der Waals surface area contributed by atoms with Gasteiger partial charge in [0.25, 0.3) is 5.91 Å². The Kier molecular flexibility index (Phi) is 5.39. The number of carbonyl (C=O) groups is 1. The minimum Gasteiger partial charge on any atom is -0.367 e. The van der Waals surface area contributed by atoms with Gasteiger partial charge >= 0.3 is 0 Å². The van der Waals surface area contributed by atoms with Crippen LogP contribution in [0.2, 0.25) is 0 Å². The zero-order valence-electron chi connectivity index (χ0n) is 17.4. The lowest BCUT2D eigenvalue weighted by molar-refractivity contribution is 0.102. The smallest absolute Gasteiger partial charge is 0.256 e. The zero-order valence-corrected chi connectivity index (χ0v) is 17.4. The third kappa shape index (κ3) is 4.10. The molecule has 0 aliphatic carbocycles. The minimum absolute atomic E-state index is 0.228. The Balaban J connectivity index is 1.50. The molecule has 5 aromatic rings. The van der Waals surface area contributed by atoms with E-state index in [0.29, 0.717) is 29.4 Å². The van der Waals surface area contributed by atoms with E-state index in [9.17, 15) is 13.6 Å². The van der Waals surface area contributed by atoms with E-state index in [4.69, 9.17) is 0 Å². The molecule has 0 aliphatic heterocycles. The summed E-state index contributed by atoms with van der Waals surface area (Å²) in [5, 5.41) is 6.02. The van der Waals surface area contributed by atoms with E-state index < -0.39 is 11.6 Å². The summed E-state index contributed by atoms with van der Waals surface area (Å²) in [5.41, 5.74) is 1.36. The number of carbonyl (C=O) groups excluding carboxylic acids is 1. The van der Waals surface area contributed by atoms with Crippen LogP contribution in [0.4, 0.5) is 20.4 Å². The summed E-state index contributed by atoms with van der Waals surface area (Å²) in [6, 6.07) is 10.8. The number of halogens is 2. The normalized spacial score (nSPS) is 11.2. The molecule has 2 N–H and O–H groups in total. The maximum absolute atomic E-state index is 14.1. The lowest BCUT2D eigenvalue weighted by atomic mass is 10.2. The van der Waals surface area contributed by atoms with Gasteiger partial charge in [-0.25, -0.2) is 23.7 Å². The van der Waals surface area contributed by atoms with Gasteiger partial charge in [-0.05, 0) is 18.6 Å². The molecule has 166 valence electrons. The monoisotopic (exact) mass is 447 g/mol. The number of anilines is 2. The van der Waals surface area contributed by atoms with Gasteiger partial charge in [-0.1, -0.05) is 18.2 Å². The van der Waals surface area contributed by atoms with Crippen LogP contribution < -0.4 is 10.6 Å². The van der Waals surface area contributed by atoms with Crippen LogP contribution in [0.25, 0.3) is 16.7 Å². The lowest BCUT2D eigenvalue weighted by Crippen LogP contribution is -2.14. The maximum atomic E-state index is 14.1. The standard InChI is InChI=1S/C23H19F2N7O/c24-16-11-18-19(12-17(16)25)32-20(30-23(33)15-5-2-1-3-6-15)13-28-22(32)21(29-18)27-7-4-9-31-10-8-26-14-31/h1-3,5-6,8,10-14H,4,7,9H2,(H,27,29)(H,30,33). The molecular weight excluding hydrogens is 428 g/mol. The van der Waals surface area contributed by atoms with Crippen molar-refractivity contribution < 1.29 is 13.6 Å². The van der Waals surface area contributed by atoms with Crippen molar-refractivity contribution in [3.8, 4) is 0 Å². The van der Waals surface area contributed by atoms with Crippen LogP contribution in [0.1, 0.15) is 16.8 Å². The second-order valence-electron chi connectivity index (χ2n) is 7.42. The third-order valence-corrected chi connectivity index (χ3v) is 5.19. The van der Waals surface area contributed by atoms with Crippen molar-refractivity contribution in [1.29, 1.82) is 0 Å². The first-order chi connectivity index (χ1) is 16.1. The Bertz CT molecular complexity index is 1430. The van der Waals surface area contributed by atoms with Gasteiger partial charge in [-0.2, -0.15) is 0 Å². The molecule has 2 aromatic carbocycles. The fourth-order valence-corrected chi connectivity index (χ4v) is 3.60. The number of nitrogens with one attached hydrogen (secondary N) is 2. The Labute approximate surface area is 186 Å². The van der Waals surface area contributed by atoms with Gasteiger partial charge in [0.15, 0.2) is 23.1 Å². The Morgan fingerprint density at radius 1 is 1.09 bits per heavy atom. The van der Waals surface area contributed by atoms with Gasteiger partial charge < -0.3 is 15.2 Å². The van der Waals surface area contributed by atoms with Crippen LogP contribution in [0, 0.1) is 11.6 Å². The van der Waals surface area contributed by atoms with Crippen molar-refractivity contribution in [1.82, 2.24) is 23.9 Å². The highest BCUT2D eigenvalue weighted by molar-refractivity contribution is 6.04. The summed E-state index contributed by atoms with van der Waals surface area (Å²) < 4.78 is 31.6. The first kappa shape index (κ1) is 20.6. The predicted molar refractivity (Wildman–Crippen MR) is 120 cm³/mol. The molecule has 0 saturated heterocycles. The molecule has 0 aliphatic rings. The molecule has 0 atom stereocenters. The molecule has 0 radical (unpaired) electrons. The summed E-state index contributed by atoms with van der Waals surface area (Å²) in [5.74, 6) is -1.64. The van der Waals surface area contributed by atoms with Crippen molar-refractivity contribution in [3.05, 3.63) is 84.6 Å². The molecule has 0 fully saturated rings. The van der Waals surface area contributed by atoms with E-state index in [1.807, 2.05) is 16.8 Å².